The second-order valence-electron chi connectivity index (χ2n) is 15.6. The Hall–Kier alpha value is -3.23. The summed E-state index contributed by atoms with van der Waals surface area (Å²) >= 11 is 0. The van der Waals surface area contributed by atoms with Crippen molar-refractivity contribution in [2.24, 2.45) is 17.8 Å². The zero-order valence-corrected chi connectivity index (χ0v) is 29.8. The van der Waals surface area contributed by atoms with Crippen molar-refractivity contribution in [1.82, 2.24) is 16.0 Å². The molecule has 8 atom stereocenters. The fourth-order valence-corrected chi connectivity index (χ4v) is 8.39. The molecule has 1 spiro atoms. The van der Waals surface area contributed by atoms with Gasteiger partial charge in [-0.25, -0.2) is 9.59 Å². The number of hydrogen-bond donors (Lipinski definition) is 4. The summed E-state index contributed by atoms with van der Waals surface area (Å²) in [6.07, 6.45) is 0.713. The molecule has 0 aromatic heterocycles. The van der Waals surface area contributed by atoms with Crippen molar-refractivity contribution in [3.8, 4) is 0 Å². The molecule has 3 amide bonds. The van der Waals surface area contributed by atoms with Crippen LogP contribution >= 0.6 is 0 Å². The van der Waals surface area contributed by atoms with Crippen LogP contribution in [0.1, 0.15) is 93.4 Å². The Labute approximate surface area is 287 Å². The molecular formula is C35H53N3O11. The fourth-order valence-electron chi connectivity index (χ4n) is 8.39. The molecule has 49 heavy (non-hydrogen) atoms. The molecule has 3 aliphatic heterocycles. The van der Waals surface area contributed by atoms with Gasteiger partial charge < -0.3 is 44.7 Å². The van der Waals surface area contributed by atoms with E-state index in [2.05, 4.69) is 16.0 Å². The van der Waals surface area contributed by atoms with Crippen molar-refractivity contribution in [2.75, 3.05) is 26.3 Å². The van der Waals surface area contributed by atoms with E-state index in [1.165, 1.54) is 6.92 Å². The number of ether oxygens (including phenoxy) is 5. The Morgan fingerprint density at radius 1 is 1.10 bits per heavy atom. The highest BCUT2D eigenvalue weighted by atomic mass is 16.7. The second-order valence-corrected chi connectivity index (χ2v) is 15.6. The van der Waals surface area contributed by atoms with Gasteiger partial charge in [0.05, 0.1) is 19.1 Å². The molecule has 2 unspecified atom stereocenters. The van der Waals surface area contributed by atoms with Gasteiger partial charge in [0.1, 0.15) is 35.1 Å². The molecule has 14 nitrogen and oxygen atoms in total. The highest BCUT2D eigenvalue weighted by Gasteiger charge is 2.83. The van der Waals surface area contributed by atoms with Gasteiger partial charge in [0.25, 0.3) is 0 Å². The molecule has 5 rings (SSSR count). The third-order valence-electron chi connectivity index (χ3n) is 10.9. The molecule has 0 bridgehead atoms. The number of fused-ring (bicyclic) bond motifs is 2. The van der Waals surface area contributed by atoms with Crippen LogP contribution in [0, 0.1) is 17.8 Å². The number of rotatable bonds is 12. The van der Waals surface area contributed by atoms with Crippen LogP contribution < -0.4 is 16.0 Å². The lowest BCUT2D eigenvalue weighted by Crippen LogP contribution is -2.74. The maximum atomic E-state index is 13.4. The van der Waals surface area contributed by atoms with Crippen molar-refractivity contribution in [2.45, 2.75) is 134 Å². The number of amides is 3. The number of nitrogens with one attached hydrogen (secondary N) is 3. The smallest absolute Gasteiger partial charge is 0.408 e. The van der Waals surface area contributed by atoms with Crippen LogP contribution in [-0.4, -0.2) is 102 Å². The van der Waals surface area contributed by atoms with Crippen molar-refractivity contribution < 1.29 is 52.8 Å². The summed E-state index contributed by atoms with van der Waals surface area (Å²) < 4.78 is 29.9. The minimum absolute atomic E-state index is 0.00866. The van der Waals surface area contributed by atoms with Crippen LogP contribution in [0.2, 0.25) is 0 Å². The molecule has 1 saturated carbocycles. The first-order valence-corrected chi connectivity index (χ1v) is 17.6. The number of hydrogen-bond acceptors (Lipinski definition) is 11. The number of aliphatic hydroxyl groups is 1. The highest BCUT2D eigenvalue weighted by Crippen LogP contribution is 2.68. The third-order valence-corrected chi connectivity index (χ3v) is 10.9. The summed E-state index contributed by atoms with van der Waals surface area (Å²) in [6.45, 7) is 13.1. The van der Waals surface area contributed by atoms with Gasteiger partial charge >= 0.3 is 18.0 Å². The van der Waals surface area contributed by atoms with Gasteiger partial charge in [0, 0.05) is 43.8 Å². The van der Waals surface area contributed by atoms with Gasteiger partial charge in [-0.2, -0.15) is 0 Å². The van der Waals surface area contributed by atoms with E-state index in [1.807, 2.05) is 20.8 Å². The van der Waals surface area contributed by atoms with Crippen LogP contribution in [0.3, 0.4) is 0 Å². The molecule has 3 fully saturated rings. The van der Waals surface area contributed by atoms with Crippen LogP contribution in [0.25, 0.3) is 0 Å². The maximum absolute atomic E-state index is 13.4. The van der Waals surface area contributed by atoms with Gasteiger partial charge in [-0.05, 0) is 71.3 Å². The number of epoxide rings is 1. The molecule has 4 N–H and O–H groups in total. The minimum atomic E-state index is -1.43. The van der Waals surface area contributed by atoms with Crippen LogP contribution in [0.4, 0.5) is 4.79 Å². The van der Waals surface area contributed by atoms with Crippen molar-refractivity contribution in [3.63, 3.8) is 0 Å². The van der Waals surface area contributed by atoms with E-state index >= 15 is 0 Å². The zero-order valence-electron chi connectivity index (χ0n) is 29.8. The fraction of sp³-hybridized carbons (Fsp3) is 0.800. The summed E-state index contributed by atoms with van der Waals surface area (Å²) in [5, 5.41) is 20.1. The molecule has 2 aliphatic carbocycles. The van der Waals surface area contributed by atoms with Crippen LogP contribution in [0.5, 0.6) is 0 Å². The van der Waals surface area contributed by atoms with Crippen LogP contribution in [-0.2, 0) is 42.9 Å². The molecular weight excluding hydrogens is 638 g/mol. The summed E-state index contributed by atoms with van der Waals surface area (Å²) in [5.74, 6) is -1.87. The van der Waals surface area contributed by atoms with Crippen molar-refractivity contribution in [1.29, 1.82) is 0 Å². The van der Waals surface area contributed by atoms with Crippen LogP contribution in [0.15, 0.2) is 11.1 Å². The Morgan fingerprint density at radius 3 is 2.51 bits per heavy atom. The Morgan fingerprint density at radius 2 is 1.84 bits per heavy atom. The van der Waals surface area contributed by atoms with Gasteiger partial charge in [-0.15, -0.1) is 0 Å². The Bertz CT molecular complexity index is 1370. The number of cyclic esters (lactones) is 1. The molecule has 14 heteroatoms. The second kappa shape index (κ2) is 13.8. The monoisotopic (exact) mass is 691 g/mol. The summed E-state index contributed by atoms with van der Waals surface area (Å²) in [4.78, 5) is 62.6. The molecule has 274 valence electrons. The summed E-state index contributed by atoms with van der Waals surface area (Å²) in [5.41, 5.74) is -2.45. The van der Waals surface area contributed by atoms with E-state index < -0.39 is 52.5 Å². The predicted octanol–water partition coefficient (Wildman–Crippen LogP) is 2.20. The number of esters is 2. The standard InChI is InChI=1S/C35H53N3O11/c1-19(2)34(44)16-26-35(48-26)24-12-11-21-22(17-45-29(21)42)23(24)18-46-33(35,7)30(34)47-27(40)13-15-37-28(41)25(10-8-9-14-36-20(3)39)38-31(43)49-32(4,5)6/h19,23-26,30,44H,8-18H2,1-7H3,(H,36,39)(H,37,41)(H,38,43)/t23?,24?,25-,26-,30-,33+,34+,35-/m0/s1. The van der Waals surface area contributed by atoms with E-state index in [9.17, 15) is 29.1 Å². The van der Waals surface area contributed by atoms with Crippen molar-refractivity contribution >= 4 is 29.8 Å². The normalized spacial score (nSPS) is 33.6. The van der Waals surface area contributed by atoms with Crippen molar-refractivity contribution in [3.05, 3.63) is 11.1 Å². The topological polar surface area (TPSA) is 191 Å². The summed E-state index contributed by atoms with van der Waals surface area (Å²) in [6, 6.07) is -0.925. The highest BCUT2D eigenvalue weighted by molar-refractivity contribution is 5.92. The number of unbranched alkanes of at least 4 members (excludes halogenated alkanes) is 1. The third kappa shape index (κ3) is 7.18. The molecule has 0 aromatic rings. The lowest BCUT2D eigenvalue weighted by Gasteiger charge is -2.58. The van der Waals surface area contributed by atoms with E-state index in [0.717, 1.165) is 11.1 Å². The average molecular weight is 692 g/mol. The Balaban J connectivity index is 1.23. The largest absolute Gasteiger partial charge is 0.458 e. The average Bonchev–Trinajstić information content (AvgIpc) is 3.60. The number of carbonyl (C=O) groups is 5. The molecule has 0 aromatic carbocycles. The lowest BCUT2D eigenvalue weighted by molar-refractivity contribution is -0.275. The number of carbonyl (C=O) groups excluding carboxylic acids is 5. The van der Waals surface area contributed by atoms with E-state index in [-0.39, 0.29) is 68.3 Å². The molecule has 0 radical (unpaired) electrons. The van der Waals surface area contributed by atoms with Gasteiger partial charge in [-0.1, -0.05) is 13.8 Å². The van der Waals surface area contributed by atoms with Gasteiger partial charge in [0.15, 0.2) is 6.10 Å². The molecule has 3 heterocycles. The van der Waals surface area contributed by atoms with Gasteiger partial charge in [0.2, 0.25) is 11.8 Å². The quantitative estimate of drug-likeness (QED) is 0.102. The molecule has 5 aliphatic rings. The first-order chi connectivity index (χ1) is 22.9. The summed E-state index contributed by atoms with van der Waals surface area (Å²) in [7, 11) is 0. The van der Waals surface area contributed by atoms with E-state index in [0.29, 0.717) is 38.6 Å². The zero-order chi connectivity index (χ0) is 35.9. The maximum Gasteiger partial charge on any atom is 0.408 e. The molecule has 2 saturated heterocycles. The number of alkyl carbamates (subject to hydrolysis) is 1. The predicted molar refractivity (Wildman–Crippen MR) is 174 cm³/mol. The Kier molecular flexibility index (Phi) is 10.4. The van der Waals surface area contributed by atoms with E-state index in [1.54, 1.807) is 20.8 Å². The lowest BCUT2D eigenvalue weighted by atomic mass is 9.54. The van der Waals surface area contributed by atoms with E-state index in [4.69, 9.17) is 23.7 Å². The SMILES string of the molecule is CC(=O)NCCCC[C@H](NC(=O)OC(C)(C)C)C(=O)NCCC(=O)O[C@@H]1[C@](O)(C(C)C)C[C@@H]2O[C@@]23C2CCC4=C(COC4=O)C2CO[C@]13C. The first kappa shape index (κ1) is 37.0. The minimum Gasteiger partial charge on any atom is -0.458 e. The first-order valence-electron chi connectivity index (χ1n) is 17.6. The van der Waals surface area contributed by atoms with Gasteiger partial charge in [-0.3, -0.25) is 14.4 Å².